The number of anilines is 1. The molecule has 0 saturated carbocycles. The standard InChI is InChI=1S/C17H19ClN4O/c18-15-4-2-1-3-14(15)5-6-17(23)22-11-9-21(10-12-22)16-13-19-7-8-20-16/h1-4,7-8,13H,5-6,9-12H2. The number of nitrogens with zero attached hydrogens (tertiary/aromatic N) is 4. The molecule has 1 aliphatic rings. The first kappa shape index (κ1) is 15.7. The highest BCUT2D eigenvalue weighted by Gasteiger charge is 2.21. The van der Waals surface area contributed by atoms with Crippen LogP contribution in [0.25, 0.3) is 0 Å². The number of aryl methyl sites for hydroxylation is 1. The highest BCUT2D eigenvalue weighted by Crippen LogP contribution is 2.18. The quantitative estimate of drug-likeness (QED) is 0.864. The maximum Gasteiger partial charge on any atom is 0.223 e. The van der Waals surface area contributed by atoms with Gasteiger partial charge in [0.25, 0.3) is 0 Å². The minimum atomic E-state index is 0.184. The molecule has 1 amide bonds. The number of rotatable bonds is 4. The Kier molecular flexibility index (Phi) is 5.08. The fraction of sp³-hybridized carbons (Fsp3) is 0.353. The molecule has 0 spiro atoms. The summed E-state index contributed by atoms with van der Waals surface area (Å²) in [5, 5.41) is 0.729. The number of aromatic nitrogens is 2. The lowest BCUT2D eigenvalue weighted by molar-refractivity contribution is -0.131. The molecule has 0 aliphatic carbocycles. The number of carbonyl (C=O) groups is 1. The van der Waals surface area contributed by atoms with E-state index in [2.05, 4.69) is 14.9 Å². The monoisotopic (exact) mass is 330 g/mol. The second-order valence-electron chi connectivity index (χ2n) is 5.52. The molecule has 1 fully saturated rings. The Morgan fingerprint density at radius 1 is 1.13 bits per heavy atom. The molecule has 1 saturated heterocycles. The van der Waals surface area contributed by atoms with Crippen molar-refractivity contribution in [1.29, 1.82) is 0 Å². The minimum Gasteiger partial charge on any atom is -0.352 e. The van der Waals surface area contributed by atoms with E-state index in [4.69, 9.17) is 11.6 Å². The van der Waals surface area contributed by atoms with Crippen LogP contribution < -0.4 is 4.90 Å². The van der Waals surface area contributed by atoms with Gasteiger partial charge in [0, 0.05) is 50.0 Å². The van der Waals surface area contributed by atoms with Gasteiger partial charge in [0.1, 0.15) is 5.82 Å². The predicted molar refractivity (Wildman–Crippen MR) is 90.6 cm³/mol. The van der Waals surface area contributed by atoms with E-state index in [0.717, 1.165) is 42.6 Å². The first-order valence-electron chi connectivity index (χ1n) is 7.76. The van der Waals surface area contributed by atoms with Crippen LogP contribution in [-0.2, 0) is 11.2 Å². The molecule has 0 bridgehead atoms. The molecular formula is C17H19ClN4O. The van der Waals surface area contributed by atoms with Crippen molar-refractivity contribution >= 4 is 23.3 Å². The Morgan fingerprint density at radius 3 is 2.61 bits per heavy atom. The van der Waals surface area contributed by atoms with Gasteiger partial charge >= 0.3 is 0 Å². The summed E-state index contributed by atoms with van der Waals surface area (Å²) >= 11 is 6.14. The van der Waals surface area contributed by atoms with Crippen molar-refractivity contribution in [3.05, 3.63) is 53.4 Å². The Labute approximate surface area is 140 Å². The maximum atomic E-state index is 12.4. The molecule has 3 rings (SSSR count). The third-order valence-electron chi connectivity index (χ3n) is 4.07. The van der Waals surface area contributed by atoms with Crippen molar-refractivity contribution in [2.45, 2.75) is 12.8 Å². The number of halogens is 1. The van der Waals surface area contributed by atoms with Crippen molar-refractivity contribution < 1.29 is 4.79 Å². The molecule has 23 heavy (non-hydrogen) atoms. The van der Waals surface area contributed by atoms with E-state index in [1.54, 1.807) is 18.6 Å². The summed E-state index contributed by atoms with van der Waals surface area (Å²) in [6.07, 6.45) is 6.29. The third-order valence-corrected chi connectivity index (χ3v) is 4.44. The van der Waals surface area contributed by atoms with Crippen LogP contribution in [0, 0.1) is 0 Å². The van der Waals surface area contributed by atoms with Crippen LogP contribution >= 0.6 is 11.6 Å². The zero-order valence-electron chi connectivity index (χ0n) is 12.9. The van der Waals surface area contributed by atoms with Gasteiger partial charge in [-0.1, -0.05) is 29.8 Å². The Bertz CT molecular complexity index is 657. The largest absolute Gasteiger partial charge is 0.352 e. The highest BCUT2D eigenvalue weighted by atomic mass is 35.5. The lowest BCUT2D eigenvalue weighted by atomic mass is 10.1. The van der Waals surface area contributed by atoms with Crippen molar-refractivity contribution in [1.82, 2.24) is 14.9 Å². The van der Waals surface area contributed by atoms with E-state index in [1.807, 2.05) is 29.2 Å². The molecule has 1 aliphatic heterocycles. The molecule has 0 unspecified atom stereocenters. The van der Waals surface area contributed by atoms with Gasteiger partial charge in [-0.3, -0.25) is 9.78 Å². The second-order valence-corrected chi connectivity index (χ2v) is 5.93. The van der Waals surface area contributed by atoms with Crippen LogP contribution in [0.2, 0.25) is 5.02 Å². The average molecular weight is 331 g/mol. The van der Waals surface area contributed by atoms with Crippen molar-refractivity contribution in [3.8, 4) is 0 Å². The van der Waals surface area contributed by atoms with E-state index < -0.39 is 0 Å². The second kappa shape index (κ2) is 7.42. The summed E-state index contributed by atoms with van der Waals surface area (Å²) in [5.41, 5.74) is 1.03. The lowest BCUT2D eigenvalue weighted by Gasteiger charge is -2.35. The van der Waals surface area contributed by atoms with Crippen LogP contribution in [0.3, 0.4) is 0 Å². The first-order chi connectivity index (χ1) is 11.2. The summed E-state index contributed by atoms with van der Waals surface area (Å²) in [4.78, 5) is 24.8. The summed E-state index contributed by atoms with van der Waals surface area (Å²) in [5.74, 6) is 1.05. The van der Waals surface area contributed by atoms with Crippen molar-refractivity contribution in [2.75, 3.05) is 31.1 Å². The lowest BCUT2D eigenvalue weighted by Crippen LogP contribution is -2.49. The molecule has 5 nitrogen and oxygen atoms in total. The maximum absolute atomic E-state index is 12.4. The Hall–Kier alpha value is -2.14. The number of amides is 1. The van der Waals surface area contributed by atoms with Crippen LogP contribution in [0.5, 0.6) is 0 Å². The van der Waals surface area contributed by atoms with Gasteiger partial charge in [-0.2, -0.15) is 0 Å². The molecule has 0 radical (unpaired) electrons. The SMILES string of the molecule is O=C(CCc1ccccc1Cl)N1CCN(c2cnccn2)CC1. The van der Waals surface area contributed by atoms with Gasteiger partial charge in [0.15, 0.2) is 0 Å². The summed E-state index contributed by atoms with van der Waals surface area (Å²) in [6, 6.07) is 7.69. The smallest absolute Gasteiger partial charge is 0.223 e. The summed E-state index contributed by atoms with van der Waals surface area (Å²) < 4.78 is 0. The van der Waals surface area contributed by atoms with Gasteiger partial charge in [-0.25, -0.2) is 4.98 Å². The molecule has 1 aromatic heterocycles. The van der Waals surface area contributed by atoms with E-state index >= 15 is 0 Å². The van der Waals surface area contributed by atoms with Crippen molar-refractivity contribution in [2.24, 2.45) is 0 Å². The molecular weight excluding hydrogens is 312 g/mol. The zero-order valence-corrected chi connectivity index (χ0v) is 13.6. The van der Waals surface area contributed by atoms with Gasteiger partial charge in [0.05, 0.1) is 6.20 Å². The van der Waals surface area contributed by atoms with E-state index in [9.17, 15) is 4.79 Å². The average Bonchev–Trinajstić information content (AvgIpc) is 2.62. The van der Waals surface area contributed by atoms with E-state index in [-0.39, 0.29) is 5.91 Å². The van der Waals surface area contributed by atoms with Crippen LogP contribution in [-0.4, -0.2) is 47.0 Å². The number of hydrogen-bond donors (Lipinski definition) is 0. The van der Waals surface area contributed by atoms with Crippen LogP contribution in [0.15, 0.2) is 42.9 Å². The molecule has 120 valence electrons. The zero-order chi connectivity index (χ0) is 16.1. The fourth-order valence-corrected chi connectivity index (χ4v) is 2.97. The molecule has 2 aromatic rings. The number of carbonyl (C=O) groups excluding carboxylic acids is 1. The highest BCUT2D eigenvalue weighted by molar-refractivity contribution is 6.31. The van der Waals surface area contributed by atoms with Crippen LogP contribution in [0.4, 0.5) is 5.82 Å². The van der Waals surface area contributed by atoms with Gasteiger partial charge in [-0.05, 0) is 18.1 Å². The number of hydrogen-bond acceptors (Lipinski definition) is 4. The molecule has 6 heteroatoms. The topological polar surface area (TPSA) is 49.3 Å². The van der Waals surface area contributed by atoms with Gasteiger partial charge in [0.2, 0.25) is 5.91 Å². The first-order valence-corrected chi connectivity index (χ1v) is 8.14. The Balaban J connectivity index is 1.50. The van der Waals surface area contributed by atoms with Gasteiger partial charge < -0.3 is 9.80 Å². The minimum absolute atomic E-state index is 0.184. The molecule has 0 N–H and O–H groups in total. The van der Waals surface area contributed by atoms with E-state index in [0.29, 0.717) is 12.8 Å². The molecule has 1 aromatic carbocycles. The predicted octanol–water partition coefficient (Wildman–Crippen LogP) is 2.41. The normalized spacial score (nSPS) is 14.8. The third kappa shape index (κ3) is 3.99. The van der Waals surface area contributed by atoms with Crippen molar-refractivity contribution in [3.63, 3.8) is 0 Å². The van der Waals surface area contributed by atoms with E-state index in [1.165, 1.54) is 0 Å². The summed E-state index contributed by atoms with van der Waals surface area (Å²) in [6.45, 7) is 3.02. The number of piperazine rings is 1. The van der Waals surface area contributed by atoms with Gasteiger partial charge in [-0.15, -0.1) is 0 Å². The Morgan fingerprint density at radius 2 is 1.91 bits per heavy atom. The molecule has 0 atom stereocenters. The molecule has 2 heterocycles. The number of benzene rings is 1. The summed E-state index contributed by atoms with van der Waals surface area (Å²) in [7, 11) is 0. The van der Waals surface area contributed by atoms with Crippen LogP contribution in [0.1, 0.15) is 12.0 Å². The fourth-order valence-electron chi connectivity index (χ4n) is 2.74.